The molecule has 2 fully saturated rings. The van der Waals surface area contributed by atoms with Crippen LogP contribution in [0.5, 0.6) is 0 Å². The summed E-state index contributed by atoms with van der Waals surface area (Å²) in [7, 11) is 0. The number of carbonyl (C=O) groups excluding carboxylic acids is 2. The van der Waals surface area contributed by atoms with Crippen molar-refractivity contribution in [2.75, 3.05) is 22.9 Å². The Morgan fingerprint density at radius 1 is 0.926 bits per heavy atom. The van der Waals surface area contributed by atoms with Crippen LogP contribution in [0.2, 0.25) is 5.02 Å². The first-order valence-electron chi connectivity index (χ1n) is 9.09. The van der Waals surface area contributed by atoms with E-state index in [9.17, 15) is 9.59 Å². The van der Waals surface area contributed by atoms with E-state index in [2.05, 4.69) is 22.3 Å². The van der Waals surface area contributed by atoms with E-state index in [1.165, 1.54) is 24.9 Å². The van der Waals surface area contributed by atoms with Gasteiger partial charge in [-0.1, -0.05) is 29.8 Å². The van der Waals surface area contributed by atoms with Crippen molar-refractivity contribution in [3.05, 3.63) is 64.8 Å². The number of anilines is 2. The molecule has 0 saturated carbocycles. The number of piperidine rings is 1. The Hall–Kier alpha value is -2.79. The van der Waals surface area contributed by atoms with Crippen molar-refractivity contribution < 1.29 is 9.59 Å². The van der Waals surface area contributed by atoms with Crippen molar-refractivity contribution in [2.45, 2.75) is 19.3 Å². The van der Waals surface area contributed by atoms with E-state index >= 15 is 0 Å². The number of urea groups is 1. The number of nitrogens with one attached hydrogen (secondary N) is 1. The van der Waals surface area contributed by atoms with Gasteiger partial charge in [-0.15, -0.1) is 0 Å². The molecule has 1 N–H and O–H groups in total. The summed E-state index contributed by atoms with van der Waals surface area (Å²) < 4.78 is 0. The van der Waals surface area contributed by atoms with Gasteiger partial charge in [-0.3, -0.25) is 4.79 Å². The van der Waals surface area contributed by atoms with Gasteiger partial charge in [0.05, 0.1) is 5.69 Å². The van der Waals surface area contributed by atoms with Gasteiger partial charge < -0.3 is 10.2 Å². The molecule has 0 aliphatic carbocycles. The molecule has 2 aromatic rings. The summed E-state index contributed by atoms with van der Waals surface area (Å²) in [6.45, 7) is 2.17. The average molecular weight is 382 g/mol. The number of carbonyl (C=O) groups is 2. The molecule has 4 rings (SSSR count). The van der Waals surface area contributed by atoms with Crippen molar-refractivity contribution in [3.8, 4) is 0 Å². The van der Waals surface area contributed by atoms with Crippen LogP contribution in [0.1, 0.15) is 24.8 Å². The summed E-state index contributed by atoms with van der Waals surface area (Å²) in [6, 6.07) is 14.3. The monoisotopic (exact) mass is 381 g/mol. The molecule has 2 saturated heterocycles. The summed E-state index contributed by atoms with van der Waals surface area (Å²) >= 11 is 5.98. The first-order valence-corrected chi connectivity index (χ1v) is 9.47. The summed E-state index contributed by atoms with van der Waals surface area (Å²) in [4.78, 5) is 28.4. The number of hydrogen-bond donors (Lipinski definition) is 1. The van der Waals surface area contributed by atoms with Crippen LogP contribution in [0.25, 0.3) is 6.08 Å². The molecule has 0 radical (unpaired) electrons. The van der Waals surface area contributed by atoms with Gasteiger partial charge in [0.1, 0.15) is 5.70 Å². The molecule has 6 heteroatoms. The van der Waals surface area contributed by atoms with Gasteiger partial charge in [0, 0.05) is 23.8 Å². The first-order chi connectivity index (χ1) is 13.1. The second-order valence-electron chi connectivity index (χ2n) is 6.75. The Balaban J connectivity index is 1.54. The molecule has 3 amide bonds. The minimum atomic E-state index is -0.474. The zero-order chi connectivity index (χ0) is 18.8. The van der Waals surface area contributed by atoms with Crippen molar-refractivity contribution in [1.29, 1.82) is 0 Å². The van der Waals surface area contributed by atoms with Crippen molar-refractivity contribution in [1.82, 2.24) is 5.32 Å². The summed E-state index contributed by atoms with van der Waals surface area (Å²) in [5.74, 6) is -0.387. The lowest BCUT2D eigenvalue weighted by Gasteiger charge is -2.28. The lowest BCUT2D eigenvalue weighted by atomic mass is 10.1. The molecule has 2 heterocycles. The van der Waals surface area contributed by atoms with Crippen LogP contribution >= 0.6 is 11.6 Å². The van der Waals surface area contributed by atoms with Gasteiger partial charge in [-0.25, -0.2) is 9.69 Å². The number of hydrogen-bond acceptors (Lipinski definition) is 3. The van der Waals surface area contributed by atoms with Gasteiger partial charge in [0.2, 0.25) is 0 Å². The van der Waals surface area contributed by atoms with Crippen LogP contribution in [-0.2, 0) is 4.79 Å². The van der Waals surface area contributed by atoms with Gasteiger partial charge in [-0.2, -0.15) is 0 Å². The van der Waals surface area contributed by atoms with E-state index in [4.69, 9.17) is 11.6 Å². The van der Waals surface area contributed by atoms with Crippen LogP contribution in [-0.4, -0.2) is 25.0 Å². The maximum Gasteiger partial charge on any atom is 0.333 e. The topological polar surface area (TPSA) is 52.7 Å². The molecule has 2 aliphatic heterocycles. The molecule has 0 aromatic heterocycles. The minimum absolute atomic E-state index is 0.255. The molecule has 5 nitrogen and oxygen atoms in total. The highest BCUT2D eigenvalue weighted by atomic mass is 35.5. The summed E-state index contributed by atoms with van der Waals surface area (Å²) in [5, 5.41) is 3.11. The zero-order valence-electron chi connectivity index (χ0n) is 14.8. The number of benzene rings is 2. The van der Waals surface area contributed by atoms with Gasteiger partial charge in [0.25, 0.3) is 5.91 Å². The van der Waals surface area contributed by atoms with Crippen molar-refractivity contribution >= 4 is 41.0 Å². The Bertz CT molecular complexity index is 902. The van der Waals surface area contributed by atoms with E-state index in [0.717, 1.165) is 23.6 Å². The smallest absolute Gasteiger partial charge is 0.333 e. The Morgan fingerprint density at radius 2 is 1.67 bits per heavy atom. The maximum atomic E-state index is 12.7. The SMILES string of the molecule is O=C1N/C(=C/c2ccc(N3CCCCC3)cc2)C(=O)N1c1cccc(Cl)c1. The lowest BCUT2D eigenvalue weighted by Crippen LogP contribution is -2.30. The van der Waals surface area contributed by atoms with E-state index in [-0.39, 0.29) is 11.6 Å². The third-order valence-electron chi connectivity index (χ3n) is 4.87. The molecule has 27 heavy (non-hydrogen) atoms. The zero-order valence-corrected chi connectivity index (χ0v) is 15.6. The van der Waals surface area contributed by atoms with Crippen LogP contribution in [0.3, 0.4) is 0 Å². The largest absolute Gasteiger partial charge is 0.372 e. The van der Waals surface area contributed by atoms with Gasteiger partial charge in [-0.05, 0) is 61.2 Å². The predicted octanol–water partition coefficient (Wildman–Crippen LogP) is 4.43. The number of imide groups is 1. The van der Waals surface area contributed by atoms with E-state index in [1.54, 1.807) is 30.3 Å². The first kappa shape index (κ1) is 17.6. The van der Waals surface area contributed by atoms with Crippen molar-refractivity contribution in [2.24, 2.45) is 0 Å². The lowest BCUT2D eigenvalue weighted by molar-refractivity contribution is -0.113. The Labute approximate surface area is 163 Å². The van der Waals surface area contributed by atoms with Gasteiger partial charge >= 0.3 is 6.03 Å². The molecular weight excluding hydrogens is 362 g/mol. The van der Waals surface area contributed by atoms with Crippen molar-refractivity contribution in [3.63, 3.8) is 0 Å². The highest BCUT2D eigenvalue weighted by Gasteiger charge is 2.34. The molecule has 0 unspecified atom stereocenters. The Kier molecular flexibility index (Phi) is 4.86. The molecular formula is C21H20ClN3O2. The third kappa shape index (κ3) is 3.69. The fraction of sp³-hybridized carbons (Fsp3) is 0.238. The predicted molar refractivity (Wildman–Crippen MR) is 108 cm³/mol. The van der Waals surface area contributed by atoms with E-state index in [0.29, 0.717) is 10.7 Å². The normalized spacial score (nSPS) is 18.9. The van der Waals surface area contributed by atoms with E-state index in [1.807, 2.05) is 12.1 Å². The molecule has 0 atom stereocenters. The van der Waals surface area contributed by atoms with Gasteiger partial charge in [0.15, 0.2) is 0 Å². The average Bonchev–Trinajstić information content (AvgIpc) is 2.96. The number of halogens is 1. The third-order valence-corrected chi connectivity index (χ3v) is 5.10. The molecule has 2 aromatic carbocycles. The summed E-state index contributed by atoms with van der Waals surface area (Å²) in [5.41, 5.74) is 2.77. The highest BCUT2D eigenvalue weighted by Crippen LogP contribution is 2.26. The quantitative estimate of drug-likeness (QED) is 0.632. The van der Waals surface area contributed by atoms with Crippen LogP contribution < -0.4 is 15.1 Å². The number of rotatable bonds is 3. The van der Waals surface area contributed by atoms with Crippen LogP contribution in [0.4, 0.5) is 16.2 Å². The molecule has 0 spiro atoms. The standard InChI is InChI=1S/C21H20ClN3O2/c22-16-5-4-6-18(14-16)25-20(26)19(23-21(25)27)13-15-7-9-17(10-8-15)24-11-2-1-3-12-24/h4-10,13-14H,1-3,11-12H2,(H,23,27)/b19-13+. The maximum absolute atomic E-state index is 12.7. The molecule has 0 bridgehead atoms. The molecule has 2 aliphatic rings. The number of amides is 3. The Morgan fingerprint density at radius 3 is 2.37 bits per heavy atom. The van der Waals surface area contributed by atoms with Crippen LogP contribution in [0, 0.1) is 0 Å². The fourth-order valence-corrected chi connectivity index (χ4v) is 3.67. The van der Waals surface area contributed by atoms with Crippen LogP contribution in [0.15, 0.2) is 54.2 Å². The highest BCUT2D eigenvalue weighted by molar-refractivity contribution is 6.32. The second kappa shape index (κ2) is 7.45. The van der Waals surface area contributed by atoms with E-state index < -0.39 is 6.03 Å². The second-order valence-corrected chi connectivity index (χ2v) is 7.18. The molecule has 138 valence electrons. The fourth-order valence-electron chi connectivity index (χ4n) is 3.48. The summed E-state index contributed by atoms with van der Waals surface area (Å²) in [6.07, 6.45) is 5.45. The number of nitrogens with zero attached hydrogens (tertiary/aromatic N) is 2. The minimum Gasteiger partial charge on any atom is -0.372 e.